The van der Waals surface area contributed by atoms with Crippen LogP contribution >= 0.6 is 11.3 Å². The quantitative estimate of drug-likeness (QED) is 0.527. The molecule has 4 nitrogen and oxygen atoms in total. The Morgan fingerprint density at radius 2 is 1.83 bits per heavy atom. The molecular weight excluding hydrogens is 320 g/mol. The first kappa shape index (κ1) is 14.8. The average molecular weight is 336 g/mol. The van der Waals surface area contributed by atoms with Crippen molar-refractivity contribution >= 4 is 17.0 Å². The number of hydrogen-bond acceptors (Lipinski definition) is 4. The molecule has 4 rings (SSSR count). The van der Waals surface area contributed by atoms with Gasteiger partial charge in [0.1, 0.15) is 5.76 Å². The van der Waals surface area contributed by atoms with Crippen molar-refractivity contribution < 1.29 is 8.83 Å². The molecule has 0 spiro atoms. The van der Waals surface area contributed by atoms with E-state index < -0.39 is 0 Å². The van der Waals surface area contributed by atoms with Gasteiger partial charge in [0.25, 0.3) is 0 Å². The highest BCUT2D eigenvalue weighted by Gasteiger charge is 2.12. The van der Waals surface area contributed by atoms with E-state index in [1.807, 2.05) is 42.5 Å². The van der Waals surface area contributed by atoms with E-state index in [9.17, 15) is 0 Å². The molecule has 120 valence electrons. The second-order valence-corrected chi connectivity index (χ2v) is 6.28. The van der Waals surface area contributed by atoms with Gasteiger partial charge in [-0.2, -0.15) is 0 Å². The van der Waals surface area contributed by atoms with Crippen LogP contribution in [0.15, 0.2) is 80.3 Å². The predicted molar refractivity (Wildman–Crippen MR) is 94.2 cm³/mol. The first-order chi connectivity index (χ1) is 11.8. The number of thiazole rings is 1. The van der Waals surface area contributed by atoms with Crippen molar-refractivity contribution in [2.45, 2.75) is 13.5 Å². The SMILES string of the molecule is Cc1ccccc1N=c1scc(-c2ccco2)n1Cc1ccco1. The third-order valence-electron chi connectivity index (χ3n) is 3.80. The van der Waals surface area contributed by atoms with Gasteiger partial charge in [-0.25, -0.2) is 4.99 Å². The second kappa shape index (κ2) is 6.37. The lowest BCUT2D eigenvalue weighted by Crippen LogP contribution is -2.16. The minimum atomic E-state index is 0.608. The molecule has 5 heteroatoms. The molecule has 3 aromatic heterocycles. The molecule has 0 N–H and O–H groups in total. The van der Waals surface area contributed by atoms with Crippen LogP contribution in [0, 0.1) is 6.92 Å². The number of benzene rings is 1. The molecule has 0 fully saturated rings. The molecule has 0 aliphatic carbocycles. The zero-order valence-electron chi connectivity index (χ0n) is 13.2. The summed E-state index contributed by atoms with van der Waals surface area (Å²) in [4.78, 5) is 5.76. The van der Waals surface area contributed by atoms with Crippen LogP contribution in [-0.4, -0.2) is 4.57 Å². The Morgan fingerprint density at radius 3 is 2.58 bits per heavy atom. The molecule has 24 heavy (non-hydrogen) atoms. The van der Waals surface area contributed by atoms with Crippen LogP contribution in [-0.2, 0) is 6.54 Å². The van der Waals surface area contributed by atoms with E-state index in [2.05, 4.69) is 22.9 Å². The van der Waals surface area contributed by atoms with Crippen LogP contribution in [0.1, 0.15) is 11.3 Å². The van der Waals surface area contributed by atoms with E-state index in [0.29, 0.717) is 6.54 Å². The minimum Gasteiger partial charge on any atom is -0.467 e. The van der Waals surface area contributed by atoms with Gasteiger partial charge in [-0.3, -0.25) is 0 Å². The van der Waals surface area contributed by atoms with E-state index in [1.165, 1.54) is 0 Å². The number of hydrogen-bond donors (Lipinski definition) is 0. The standard InChI is InChI=1S/C19H16N2O2S/c1-14-6-2-3-8-16(14)20-19-21(12-15-7-4-10-22-15)17(13-24-19)18-9-5-11-23-18/h2-11,13H,12H2,1H3. The summed E-state index contributed by atoms with van der Waals surface area (Å²) < 4.78 is 13.2. The summed E-state index contributed by atoms with van der Waals surface area (Å²) in [5.74, 6) is 1.71. The molecule has 0 amide bonds. The van der Waals surface area contributed by atoms with Gasteiger partial charge in [-0.05, 0) is 42.8 Å². The summed E-state index contributed by atoms with van der Waals surface area (Å²) >= 11 is 1.59. The Labute approximate surface area is 143 Å². The second-order valence-electron chi connectivity index (χ2n) is 5.44. The van der Waals surface area contributed by atoms with Gasteiger partial charge in [0.2, 0.25) is 0 Å². The van der Waals surface area contributed by atoms with Crippen molar-refractivity contribution in [1.82, 2.24) is 4.57 Å². The van der Waals surface area contributed by atoms with Crippen LogP contribution in [0.3, 0.4) is 0 Å². The Balaban J connectivity index is 1.86. The number of aromatic nitrogens is 1. The number of furan rings is 2. The molecule has 4 aromatic rings. The lowest BCUT2D eigenvalue weighted by atomic mass is 10.2. The van der Waals surface area contributed by atoms with Crippen molar-refractivity contribution in [2.75, 3.05) is 0 Å². The number of aryl methyl sites for hydroxylation is 1. The third-order valence-corrected chi connectivity index (χ3v) is 4.66. The first-order valence-corrected chi connectivity index (χ1v) is 8.54. The summed E-state index contributed by atoms with van der Waals surface area (Å²) in [5, 5.41) is 2.07. The Kier molecular flexibility index (Phi) is 3.92. The normalized spacial score (nSPS) is 12.0. The summed E-state index contributed by atoms with van der Waals surface area (Å²) in [6.07, 6.45) is 3.37. The molecule has 0 radical (unpaired) electrons. The molecule has 1 aromatic carbocycles. The smallest absolute Gasteiger partial charge is 0.190 e. The van der Waals surface area contributed by atoms with Crippen molar-refractivity contribution in [1.29, 1.82) is 0 Å². The monoisotopic (exact) mass is 336 g/mol. The van der Waals surface area contributed by atoms with Gasteiger partial charge in [0.05, 0.1) is 30.5 Å². The zero-order chi connectivity index (χ0) is 16.4. The van der Waals surface area contributed by atoms with Crippen molar-refractivity contribution in [2.24, 2.45) is 4.99 Å². The lowest BCUT2D eigenvalue weighted by molar-refractivity contribution is 0.489. The fourth-order valence-corrected chi connectivity index (χ4v) is 3.45. The fraction of sp³-hybridized carbons (Fsp3) is 0.105. The number of rotatable bonds is 4. The Hall–Kier alpha value is -2.79. The maximum atomic E-state index is 5.58. The third kappa shape index (κ3) is 2.86. The maximum Gasteiger partial charge on any atom is 0.190 e. The molecule has 0 unspecified atom stereocenters. The fourth-order valence-electron chi connectivity index (χ4n) is 2.54. The van der Waals surface area contributed by atoms with Crippen LogP contribution in [0.4, 0.5) is 5.69 Å². The average Bonchev–Trinajstić information content (AvgIpc) is 3.33. The van der Waals surface area contributed by atoms with Gasteiger partial charge >= 0.3 is 0 Å². The lowest BCUT2D eigenvalue weighted by Gasteiger charge is -2.06. The highest BCUT2D eigenvalue weighted by Crippen LogP contribution is 2.23. The predicted octanol–water partition coefficient (Wildman–Crippen LogP) is 4.99. The van der Waals surface area contributed by atoms with E-state index >= 15 is 0 Å². The number of nitrogens with zero attached hydrogens (tertiary/aromatic N) is 2. The van der Waals surface area contributed by atoms with E-state index in [1.54, 1.807) is 23.9 Å². The topological polar surface area (TPSA) is 43.6 Å². The minimum absolute atomic E-state index is 0.608. The van der Waals surface area contributed by atoms with Crippen LogP contribution in [0.2, 0.25) is 0 Å². The summed E-state index contributed by atoms with van der Waals surface area (Å²) in [5.41, 5.74) is 3.11. The van der Waals surface area contributed by atoms with E-state index in [4.69, 9.17) is 13.8 Å². The van der Waals surface area contributed by atoms with E-state index in [0.717, 1.165) is 33.3 Å². The Morgan fingerprint density at radius 1 is 1.00 bits per heavy atom. The largest absolute Gasteiger partial charge is 0.467 e. The molecule has 0 aliphatic rings. The maximum absolute atomic E-state index is 5.58. The zero-order valence-corrected chi connectivity index (χ0v) is 14.0. The molecule has 0 atom stereocenters. The van der Waals surface area contributed by atoms with Crippen molar-refractivity contribution in [3.8, 4) is 11.5 Å². The van der Waals surface area contributed by atoms with Crippen molar-refractivity contribution in [3.05, 3.63) is 82.6 Å². The van der Waals surface area contributed by atoms with Gasteiger partial charge in [0, 0.05) is 5.38 Å². The van der Waals surface area contributed by atoms with Gasteiger partial charge in [-0.1, -0.05) is 18.2 Å². The molecular formula is C19H16N2O2S. The molecule has 0 saturated heterocycles. The molecule has 3 heterocycles. The molecule has 0 aliphatic heterocycles. The summed E-state index contributed by atoms with van der Waals surface area (Å²) in [6.45, 7) is 2.67. The summed E-state index contributed by atoms with van der Waals surface area (Å²) in [7, 11) is 0. The highest BCUT2D eigenvalue weighted by atomic mass is 32.1. The van der Waals surface area contributed by atoms with Gasteiger partial charge < -0.3 is 13.4 Å². The van der Waals surface area contributed by atoms with Gasteiger partial charge in [-0.15, -0.1) is 11.3 Å². The molecule has 0 bridgehead atoms. The Bertz CT molecular complexity index is 992. The number of para-hydroxylation sites is 1. The first-order valence-electron chi connectivity index (χ1n) is 7.66. The van der Waals surface area contributed by atoms with E-state index in [-0.39, 0.29) is 0 Å². The van der Waals surface area contributed by atoms with Crippen LogP contribution in [0.5, 0.6) is 0 Å². The van der Waals surface area contributed by atoms with Crippen LogP contribution in [0.25, 0.3) is 11.5 Å². The van der Waals surface area contributed by atoms with Crippen molar-refractivity contribution in [3.63, 3.8) is 0 Å². The summed E-state index contributed by atoms with van der Waals surface area (Å²) in [6, 6.07) is 15.8. The van der Waals surface area contributed by atoms with Gasteiger partial charge in [0.15, 0.2) is 10.6 Å². The van der Waals surface area contributed by atoms with Crippen LogP contribution < -0.4 is 4.80 Å². The molecule has 0 saturated carbocycles. The highest BCUT2D eigenvalue weighted by molar-refractivity contribution is 7.07.